The monoisotopic (exact) mass is 317 g/mol. The quantitative estimate of drug-likeness (QED) is 0.623. The van der Waals surface area contributed by atoms with Crippen LogP contribution in [0.25, 0.3) is 11.1 Å². The largest absolute Gasteiger partial charge is 0.363 e. The second-order valence-electron chi connectivity index (χ2n) is 5.35. The summed E-state index contributed by atoms with van der Waals surface area (Å²) < 4.78 is 0. The van der Waals surface area contributed by atoms with E-state index < -0.39 is 0 Å². The maximum absolute atomic E-state index is 12.4. The molecule has 0 N–H and O–H groups in total. The molecule has 0 aliphatic heterocycles. The van der Waals surface area contributed by atoms with Gasteiger partial charge in [-0.1, -0.05) is 60.7 Å². The summed E-state index contributed by atoms with van der Waals surface area (Å²) in [7, 11) is 0. The molecular weight excluding hydrogens is 298 g/mol. The Balaban J connectivity index is 1.73. The molecule has 0 amide bonds. The third-order valence-corrected chi connectivity index (χ3v) is 3.75. The Morgan fingerprint density at radius 1 is 0.792 bits per heavy atom. The average Bonchev–Trinajstić information content (AvgIpc) is 2.67. The van der Waals surface area contributed by atoms with Gasteiger partial charge in [0.2, 0.25) is 0 Å². The van der Waals surface area contributed by atoms with E-state index in [1.54, 1.807) is 17.2 Å². The van der Waals surface area contributed by atoms with Crippen LogP contribution < -0.4 is 5.06 Å². The first-order chi connectivity index (χ1) is 11.8. The molecule has 3 aromatic carbocycles. The molecule has 0 aliphatic carbocycles. The highest BCUT2D eigenvalue weighted by Gasteiger charge is 2.13. The van der Waals surface area contributed by atoms with Crippen molar-refractivity contribution in [3.8, 4) is 11.1 Å². The molecule has 24 heavy (non-hydrogen) atoms. The first kappa shape index (κ1) is 15.8. The van der Waals surface area contributed by atoms with Crippen molar-refractivity contribution in [2.45, 2.75) is 6.92 Å². The molecule has 0 heterocycles. The van der Waals surface area contributed by atoms with Gasteiger partial charge in [0.1, 0.15) is 0 Å². The number of nitrogens with zero attached hydrogens (tertiary/aromatic N) is 1. The van der Waals surface area contributed by atoms with E-state index in [9.17, 15) is 4.79 Å². The number of hydroxylamine groups is 1. The van der Waals surface area contributed by atoms with Crippen LogP contribution in [0, 0.1) is 0 Å². The minimum atomic E-state index is -0.361. The fraction of sp³-hybridized carbons (Fsp3) is 0.0952. The minimum absolute atomic E-state index is 0.361. The number of para-hydroxylation sites is 1. The number of carbonyl (C=O) groups is 1. The predicted molar refractivity (Wildman–Crippen MR) is 96.8 cm³/mol. The molecule has 0 spiro atoms. The van der Waals surface area contributed by atoms with Crippen LogP contribution in [0.15, 0.2) is 84.9 Å². The maximum Gasteiger partial charge on any atom is 0.363 e. The van der Waals surface area contributed by atoms with Gasteiger partial charge in [0.15, 0.2) is 0 Å². The van der Waals surface area contributed by atoms with Crippen molar-refractivity contribution in [2.75, 3.05) is 11.6 Å². The highest BCUT2D eigenvalue weighted by molar-refractivity contribution is 5.90. The Bertz CT molecular complexity index is 783. The minimum Gasteiger partial charge on any atom is -0.335 e. The number of carbonyl (C=O) groups excluding carboxylic acids is 1. The summed E-state index contributed by atoms with van der Waals surface area (Å²) in [5.74, 6) is -0.361. The molecule has 0 radical (unpaired) electrons. The topological polar surface area (TPSA) is 29.5 Å². The van der Waals surface area contributed by atoms with Gasteiger partial charge in [0, 0.05) is 0 Å². The van der Waals surface area contributed by atoms with Crippen molar-refractivity contribution < 1.29 is 9.63 Å². The molecule has 0 aromatic heterocycles. The molecule has 0 unspecified atom stereocenters. The smallest absolute Gasteiger partial charge is 0.335 e. The number of hydrogen-bond donors (Lipinski definition) is 0. The third-order valence-electron chi connectivity index (χ3n) is 3.75. The van der Waals surface area contributed by atoms with Gasteiger partial charge in [0.05, 0.1) is 17.8 Å². The number of benzene rings is 3. The SMILES string of the molecule is CCN(OC(=O)c1ccc(-c2ccccc2)cc1)c1ccccc1. The fourth-order valence-corrected chi connectivity index (χ4v) is 2.48. The molecule has 0 saturated carbocycles. The Morgan fingerprint density at radius 2 is 1.33 bits per heavy atom. The molecule has 3 nitrogen and oxygen atoms in total. The van der Waals surface area contributed by atoms with Crippen LogP contribution >= 0.6 is 0 Å². The lowest BCUT2D eigenvalue weighted by Gasteiger charge is -2.21. The zero-order chi connectivity index (χ0) is 16.8. The fourth-order valence-electron chi connectivity index (χ4n) is 2.48. The lowest BCUT2D eigenvalue weighted by Crippen LogP contribution is -2.26. The molecular formula is C21H19NO2. The summed E-state index contributed by atoms with van der Waals surface area (Å²) in [4.78, 5) is 17.9. The molecule has 3 aromatic rings. The summed E-state index contributed by atoms with van der Waals surface area (Å²) in [6.45, 7) is 2.52. The normalized spacial score (nSPS) is 10.2. The lowest BCUT2D eigenvalue weighted by molar-refractivity contribution is 0.0456. The van der Waals surface area contributed by atoms with E-state index in [1.165, 1.54) is 0 Å². The van der Waals surface area contributed by atoms with E-state index in [0.717, 1.165) is 16.8 Å². The van der Waals surface area contributed by atoms with Crippen molar-refractivity contribution >= 4 is 11.7 Å². The van der Waals surface area contributed by atoms with Gasteiger partial charge >= 0.3 is 5.97 Å². The number of rotatable bonds is 5. The summed E-state index contributed by atoms with van der Waals surface area (Å²) in [6.07, 6.45) is 0. The van der Waals surface area contributed by atoms with E-state index in [2.05, 4.69) is 0 Å². The first-order valence-electron chi connectivity index (χ1n) is 7.98. The highest BCUT2D eigenvalue weighted by atomic mass is 16.7. The van der Waals surface area contributed by atoms with E-state index >= 15 is 0 Å². The van der Waals surface area contributed by atoms with E-state index in [1.807, 2.05) is 79.7 Å². The van der Waals surface area contributed by atoms with Crippen LogP contribution in [0.1, 0.15) is 17.3 Å². The van der Waals surface area contributed by atoms with Crippen LogP contribution in [0.4, 0.5) is 5.69 Å². The Labute approximate surface area is 142 Å². The van der Waals surface area contributed by atoms with E-state index in [0.29, 0.717) is 12.1 Å². The van der Waals surface area contributed by atoms with Crippen LogP contribution in [-0.2, 0) is 4.84 Å². The molecule has 0 aliphatic rings. The van der Waals surface area contributed by atoms with Crippen molar-refractivity contribution in [1.82, 2.24) is 0 Å². The van der Waals surface area contributed by atoms with Gasteiger partial charge in [-0.2, -0.15) is 0 Å². The molecule has 0 bridgehead atoms. The predicted octanol–water partition coefficient (Wildman–Crippen LogP) is 4.95. The summed E-state index contributed by atoms with van der Waals surface area (Å²) in [5.41, 5.74) is 3.58. The van der Waals surface area contributed by atoms with Crippen molar-refractivity contribution in [3.05, 3.63) is 90.5 Å². The molecule has 120 valence electrons. The van der Waals surface area contributed by atoms with Gasteiger partial charge in [-0.3, -0.25) is 0 Å². The summed E-state index contributed by atoms with van der Waals surface area (Å²) >= 11 is 0. The molecule has 3 rings (SSSR count). The average molecular weight is 317 g/mol. The van der Waals surface area contributed by atoms with Crippen molar-refractivity contribution in [2.24, 2.45) is 0 Å². The first-order valence-corrected chi connectivity index (χ1v) is 7.98. The number of anilines is 1. The zero-order valence-electron chi connectivity index (χ0n) is 13.6. The van der Waals surface area contributed by atoms with Gasteiger partial charge in [-0.25, -0.2) is 9.86 Å². The second kappa shape index (κ2) is 7.47. The van der Waals surface area contributed by atoms with E-state index in [4.69, 9.17) is 4.84 Å². The van der Waals surface area contributed by atoms with E-state index in [-0.39, 0.29) is 5.97 Å². The Morgan fingerprint density at radius 3 is 1.92 bits per heavy atom. The highest BCUT2D eigenvalue weighted by Crippen LogP contribution is 2.20. The molecule has 3 heteroatoms. The summed E-state index contributed by atoms with van der Waals surface area (Å²) in [5, 5.41) is 1.59. The van der Waals surface area contributed by atoms with Gasteiger partial charge in [-0.15, -0.1) is 0 Å². The van der Waals surface area contributed by atoms with Crippen LogP contribution in [0.2, 0.25) is 0 Å². The molecule has 0 saturated heterocycles. The zero-order valence-corrected chi connectivity index (χ0v) is 13.6. The lowest BCUT2D eigenvalue weighted by atomic mass is 10.0. The van der Waals surface area contributed by atoms with Gasteiger partial charge in [-0.05, 0) is 42.3 Å². The Hall–Kier alpha value is -3.07. The van der Waals surface area contributed by atoms with Crippen molar-refractivity contribution in [3.63, 3.8) is 0 Å². The Kier molecular flexibility index (Phi) is 4.92. The van der Waals surface area contributed by atoms with Crippen LogP contribution in [0.3, 0.4) is 0 Å². The molecule has 0 atom stereocenters. The van der Waals surface area contributed by atoms with Gasteiger partial charge < -0.3 is 4.84 Å². The maximum atomic E-state index is 12.4. The molecule has 0 fully saturated rings. The van der Waals surface area contributed by atoms with Gasteiger partial charge in [0.25, 0.3) is 0 Å². The van der Waals surface area contributed by atoms with Crippen LogP contribution in [0.5, 0.6) is 0 Å². The van der Waals surface area contributed by atoms with Crippen LogP contribution in [-0.4, -0.2) is 12.5 Å². The second-order valence-corrected chi connectivity index (χ2v) is 5.35. The number of hydrogen-bond acceptors (Lipinski definition) is 3. The standard InChI is InChI=1S/C21H19NO2/c1-2-22(20-11-7-4-8-12-20)24-21(23)19-15-13-18(14-16-19)17-9-5-3-6-10-17/h3-16H,2H2,1H3. The van der Waals surface area contributed by atoms with Crippen molar-refractivity contribution in [1.29, 1.82) is 0 Å². The third kappa shape index (κ3) is 3.63. The summed E-state index contributed by atoms with van der Waals surface area (Å²) in [6, 6.07) is 27.1.